The number of hydrogen-bond acceptors (Lipinski definition) is 6. The van der Waals surface area contributed by atoms with E-state index >= 15 is 0 Å². The maximum Gasteiger partial charge on any atom is 0.344 e. The number of aliphatic hydroxyl groups excluding tert-OH is 2. The van der Waals surface area contributed by atoms with Crippen LogP contribution in [0.3, 0.4) is 0 Å². The Morgan fingerprint density at radius 1 is 0.974 bits per heavy atom. The Morgan fingerprint density at radius 3 is 2.33 bits per heavy atom. The minimum absolute atomic E-state index is 0.0941. The molecule has 4 aliphatic carbocycles. The van der Waals surface area contributed by atoms with Gasteiger partial charge in [0.25, 0.3) is 5.92 Å². The SMILES string of the molecule is C[C@H](CCC(=O)OCC(=O)OCC(F)C(C)(F)F)[C@H]1CC[C@H]2[C@@H]3[C@@H](O)C[C@@H]4C[C@H](O)CC[C@]4(C)[C@H]3CC[C@]12C. The summed E-state index contributed by atoms with van der Waals surface area (Å²) < 4.78 is 48.3. The van der Waals surface area contributed by atoms with E-state index in [2.05, 4.69) is 25.5 Å². The molecular formula is C30H47F3O6. The van der Waals surface area contributed by atoms with Crippen LogP contribution in [-0.4, -0.2) is 59.7 Å². The zero-order chi connectivity index (χ0) is 28.8. The van der Waals surface area contributed by atoms with E-state index in [-0.39, 0.29) is 41.3 Å². The van der Waals surface area contributed by atoms with Crippen LogP contribution in [0.5, 0.6) is 0 Å². The number of carbonyl (C=O) groups excluding carboxylic acids is 2. The van der Waals surface area contributed by atoms with Gasteiger partial charge in [-0.2, -0.15) is 0 Å². The van der Waals surface area contributed by atoms with Crippen LogP contribution in [0.1, 0.15) is 91.9 Å². The molecule has 4 aliphatic rings. The largest absolute Gasteiger partial charge is 0.460 e. The smallest absolute Gasteiger partial charge is 0.344 e. The van der Waals surface area contributed by atoms with Crippen LogP contribution in [0.25, 0.3) is 0 Å². The normalized spacial score (nSPS) is 41.5. The molecule has 4 rings (SSSR count). The molecule has 1 unspecified atom stereocenters. The molecule has 0 aliphatic heterocycles. The second kappa shape index (κ2) is 11.5. The molecule has 0 aromatic rings. The zero-order valence-corrected chi connectivity index (χ0v) is 23.8. The van der Waals surface area contributed by atoms with Crippen LogP contribution in [-0.2, 0) is 19.1 Å². The Kier molecular flexibility index (Phi) is 9.02. The van der Waals surface area contributed by atoms with Crippen LogP contribution in [0.2, 0.25) is 0 Å². The number of esters is 2. The van der Waals surface area contributed by atoms with E-state index in [0.29, 0.717) is 37.0 Å². The molecule has 11 atom stereocenters. The third kappa shape index (κ3) is 6.14. The van der Waals surface area contributed by atoms with E-state index in [1.54, 1.807) is 0 Å². The van der Waals surface area contributed by atoms with E-state index < -0.39 is 37.2 Å². The van der Waals surface area contributed by atoms with Crippen molar-refractivity contribution >= 4 is 11.9 Å². The van der Waals surface area contributed by atoms with E-state index in [0.717, 1.165) is 51.4 Å². The van der Waals surface area contributed by atoms with Crippen molar-refractivity contribution in [3.05, 3.63) is 0 Å². The molecule has 0 spiro atoms. The summed E-state index contributed by atoms with van der Waals surface area (Å²) in [5.41, 5.74) is 0.276. The third-order valence-corrected chi connectivity index (χ3v) is 11.5. The van der Waals surface area contributed by atoms with Crippen molar-refractivity contribution in [1.82, 2.24) is 0 Å². The highest BCUT2D eigenvalue weighted by atomic mass is 19.3. The van der Waals surface area contributed by atoms with Crippen molar-refractivity contribution in [3.8, 4) is 0 Å². The minimum atomic E-state index is -3.61. The van der Waals surface area contributed by atoms with Gasteiger partial charge in [0, 0.05) is 13.3 Å². The summed E-state index contributed by atoms with van der Waals surface area (Å²) in [5, 5.41) is 21.7. The van der Waals surface area contributed by atoms with Crippen molar-refractivity contribution < 1.29 is 42.4 Å². The fourth-order valence-electron chi connectivity index (χ4n) is 9.29. The molecule has 4 saturated carbocycles. The van der Waals surface area contributed by atoms with Crippen molar-refractivity contribution in [3.63, 3.8) is 0 Å². The first kappa shape index (κ1) is 30.6. The van der Waals surface area contributed by atoms with Gasteiger partial charge < -0.3 is 19.7 Å². The first-order valence-corrected chi connectivity index (χ1v) is 14.9. The number of hydrogen-bond donors (Lipinski definition) is 2. The Bertz CT molecular complexity index is 894. The van der Waals surface area contributed by atoms with Crippen molar-refractivity contribution in [2.24, 2.45) is 46.3 Å². The van der Waals surface area contributed by atoms with Crippen LogP contribution in [0.4, 0.5) is 13.2 Å². The van der Waals surface area contributed by atoms with E-state index in [1.807, 2.05) is 0 Å². The van der Waals surface area contributed by atoms with Gasteiger partial charge in [-0.3, -0.25) is 4.79 Å². The lowest BCUT2D eigenvalue weighted by Crippen LogP contribution is -2.58. The summed E-state index contributed by atoms with van der Waals surface area (Å²) in [6.07, 6.45) is 5.35. The second-order valence-electron chi connectivity index (χ2n) is 13.7. The molecule has 0 aromatic carbocycles. The summed E-state index contributed by atoms with van der Waals surface area (Å²) in [5.74, 6) is -2.97. The monoisotopic (exact) mass is 560 g/mol. The van der Waals surface area contributed by atoms with E-state index in [1.165, 1.54) is 0 Å². The van der Waals surface area contributed by atoms with Gasteiger partial charge in [-0.15, -0.1) is 0 Å². The molecule has 0 radical (unpaired) electrons. The van der Waals surface area contributed by atoms with Gasteiger partial charge in [-0.25, -0.2) is 18.0 Å². The predicted octanol–water partition coefficient (Wildman–Crippen LogP) is 5.47. The van der Waals surface area contributed by atoms with Crippen molar-refractivity contribution in [1.29, 1.82) is 0 Å². The summed E-state index contributed by atoms with van der Waals surface area (Å²) >= 11 is 0. The number of alkyl halides is 3. The Hall–Kier alpha value is -1.35. The molecule has 4 fully saturated rings. The highest BCUT2D eigenvalue weighted by Gasteiger charge is 2.62. The fraction of sp³-hybridized carbons (Fsp3) is 0.933. The molecular weight excluding hydrogens is 513 g/mol. The quantitative estimate of drug-likeness (QED) is 0.363. The standard InChI is InChI=1S/C30H47F3O6/c1-17(5-8-25(36)39-16-26(37)38-15-24(31)30(4,32)33)20-6-7-21-27-22(10-12-29(20,21)3)28(2)11-9-19(34)13-18(28)14-23(27)35/h17-24,27,34-35H,5-16H2,1-4H3/t17-,18+,19-,20-,21+,22+,23+,24?,27+,28+,29-/m1/s1. The molecule has 224 valence electrons. The fourth-order valence-corrected chi connectivity index (χ4v) is 9.29. The number of rotatable bonds is 9. The van der Waals surface area contributed by atoms with Gasteiger partial charge in [0.1, 0.15) is 6.61 Å². The Labute approximate surface area is 230 Å². The summed E-state index contributed by atoms with van der Waals surface area (Å²) in [6.45, 7) is 5.53. The summed E-state index contributed by atoms with van der Waals surface area (Å²) in [6, 6.07) is 0. The van der Waals surface area contributed by atoms with E-state index in [4.69, 9.17) is 4.74 Å². The Balaban J connectivity index is 1.28. The van der Waals surface area contributed by atoms with Gasteiger partial charge in [-0.05, 0) is 104 Å². The van der Waals surface area contributed by atoms with Crippen molar-refractivity contribution in [2.75, 3.05) is 13.2 Å². The average Bonchev–Trinajstić information content (AvgIpc) is 3.22. The Morgan fingerprint density at radius 2 is 1.64 bits per heavy atom. The number of halogens is 3. The highest BCUT2D eigenvalue weighted by molar-refractivity contribution is 5.76. The van der Waals surface area contributed by atoms with Crippen LogP contribution >= 0.6 is 0 Å². The zero-order valence-electron chi connectivity index (χ0n) is 23.8. The number of ether oxygens (including phenoxy) is 2. The molecule has 0 amide bonds. The number of fused-ring (bicyclic) bond motifs is 5. The van der Waals surface area contributed by atoms with Gasteiger partial charge in [-0.1, -0.05) is 20.8 Å². The molecule has 0 heterocycles. The maximum absolute atomic E-state index is 13.2. The van der Waals surface area contributed by atoms with Gasteiger partial charge in [0.2, 0.25) is 0 Å². The van der Waals surface area contributed by atoms with Crippen LogP contribution in [0, 0.1) is 46.3 Å². The first-order valence-electron chi connectivity index (χ1n) is 14.9. The molecule has 0 aromatic heterocycles. The average molecular weight is 561 g/mol. The number of carbonyl (C=O) groups is 2. The van der Waals surface area contributed by atoms with Crippen molar-refractivity contribution in [2.45, 2.75) is 116 Å². The third-order valence-electron chi connectivity index (χ3n) is 11.5. The van der Waals surface area contributed by atoms with E-state index in [9.17, 15) is 33.0 Å². The first-order chi connectivity index (χ1) is 18.2. The topological polar surface area (TPSA) is 93.1 Å². The van der Waals surface area contributed by atoms with Gasteiger partial charge >= 0.3 is 11.9 Å². The minimum Gasteiger partial charge on any atom is -0.460 e. The summed E-state index contributed by atoms with van der Waals surface area (Å²) in [4.78, 5) is 23.9. The molecule has 0 saturated heterocycles. The second-order valence-corrected chi connectivity index (χ2v) is 13.7. The lowest BCUT2D eigenvalue weighted by molar-refractivity contribution is -0.174. The number of aliphatic hydroxyl groups is 2. The highest BCUT2D eigenvalue weighted by Crippen LogP contribution is 2.68. The van der Waals surface area contributed by atoms with Gasteiger partial charge in [0.15, 0.2) is 12.8 Å². The van der Waals surface area contributed by atoms with Crippen LogP contribution in [0.15, 0.2) is 0 Å². The van der Waals surface area contributed by atoms with Gasteiger partial charge in [0.05, 0.1) is 12.2 Å². The maximum atomic E-state index is 13.2. The lowest BCUT2D eigenvalue weighted by atomic mass is 9.43. The molecule has 6 nitrogen and oxygen atoms in total. The predicted molar refractivity (Wildman–Crippen MR) is 138 cm³/mol. The molecule has 0 bridgehead atoms. The lowest BCUT2D eigenvalue weighted by Gasteiger charge is -2.62. The summed E-state index contributed by atoms with van der Waals surface area (Å²) in [7, 11) is 0. The van der Waals surface area contributed by atoms with Crippen LogP contribution < -0.4 is 0 Å². The molecule has 2 N–H and O–H groups in total. The molecule has 9 heteroatoms. The molecule has 39 heavy (non-hydrogen) atoms.